The van der Waals surface area contributed by atoms with Gasteiger partial charge in [0.1, 0.15) is 5.82 Å². The molecule has 0 bridgehead atoms. The van der Waals surface area contributed by atoms with E-state index in [2.05, 4.69) is 15.7 Å². The van der Waals surface area contributed by atoms with Crippen molar-refractivity contribution in [3.05, 3.63) is 41.6 Å². The van der Waals surface area contributed by atoms with E-state index in [-0.39, 0.29) is 30.0 Å². The van der Waals surface area contributed by atoms with Gasteiger partial charge < -0.3 is 15.4 Å². The zero-order valence-corrected chi connectivity index (χ0v) is 15.9. The van der Waals surface area contributed by atoms with Crippen molar-refractivity contribution in [2.75, 3.05) is 18.5 Å². The zero-order valence-electron chi connectivity index (χ0n) is 15.1. The van der Waals surface area contributed by atoms with E-state index in [0.717, 1.165) is 12.8 Å². The summed E-state index contributed by atoms with van der Waals surface area (Å²) in [6.07, 6.45) is 1.69. The number of hydrogen-bond donors (Lipinski definition) is 2. The molecule has 0 radical (unpaired) electrons. The van der Waals surface area contributed by atoms with Crippen LogP contribution in [0.1, 0.15) is 24.1 Å². The molecule has 1 aromatic heterocycles. The number of anilines is 1. The Kier molecular flexibility index (Phi) is 4.90. The third-order valence-corrected chi connectivity index (χ3v) is 6.18. The van der Waals surface area contributed by atoms with E-state index in [4.69, 9.17) is 4.74 Å². The maximum Gasteiger partial charge on any atom is 0.314 e. The first-order chi connectivity index (χ1) is 13.4. The Labute approximate surface area is 162 Å². The molecule has 2 aromatic rings. The summed E-state index contributed by atoms with van der Waals surface area (Å²) in [6, 6.07) is 9.01. The van der Waals surface area contributed by atoms with Crippen LogP contribution in [0.4, 0.5) is 5.82 Å². The van der Waals surface area contributed by atoms with Gasteiger partial charge in [-0.2, -0.15) is 5.10 Å². The van der Waals surface area contributed by atoms with Crippen LogP contribution in [0.3, 0.4) is 0 Å². The molecule has 1 saturated heterocycles. The number of sulfone groups is 1. The van der Waals surface area contributed by atoms with Crippen LogP contribution in [0.25, 0.3) is 5.69 Å². The maximum atomic E-state index is 12.4. The van der Waals surface area contributed by atoms with Crippen molar-refractivity contribution in [3.63, 3.8) is 0 Å². The van der Waals surface area contributed by atoms with Crippen molar-refractivity contribution in [3.8, 4) is 5.69 Å². The maximum absolute atomic E-state index is 12.4. The number of benzene rings is 1. The van der Waals surface area contributed by atoms with Crippen molar-refractivity contribution in [2.24, 2.45) is 0 Å². The molecule has 28 heavy (non-hydrogen) atoms. The molecule has 10 heteroatoms. The van der Waals surface area contributed by atoms with Crippen LogP contribution in [0, 0.1) is 0 Å². The van der Waals surface area contributed by atoms with E-state index < -0.39 is 21.7 Å². The molecule has 4 rings (SSSR count). The summed E-state index contributed by atoms with van der Waals surface area (Å²) in [6.45, 7) is 0.917. The monoisotopic (exact) mass is 404 g/mol. The van der Waals surface area contributed by atoms with Gasteiger partial charge in [-0.1, -0.05) is 18.2 Å². The molecule has 1 unspecified atom stereocenters. The molecule has 0 spiro atoms. The fraction of sp³-hybridized carbons (Fsp3) is 0.389. The molecule has 1 aromatic carbocycles. The predicted molar refractivity (Wildman–Crippen MR) is 101 cm³/mol. The van der Waals surface area contributed by atoms with Crippen LogP contribution >= 0.6 is 0 Å². The number of carbonyl (C=O) groups is 2. The highest BCUT2D eigenvalue weighted by atomic mass is 32.2. The van der Waals surface area contributed by atoms with Gasteiger partial charge in [0.15, 0.2) is 9.84 Å². The van der Waals surface area contributed by atoms with E-state index in [1.807, 2.05) is 6.07 Å². The standard InChI is InChI=1S/C18H20N4O5S/c23-17(19-9-13-7-4-8-27-13)18(24)20-16-14-10-28(25,26)11-15(14)21-22(16)12-5-2-1-3-6-12/h1-3,5-6,13H,4,7-11H2,(H,19,23)(H,20,24). The molecular weight excluding hydrogens is 384 g/mol. The second-order valence-electron chi connectivity index (χ2n) is 6.85. The molecule has 1 atom stereocenters. The second kappa shape index (κ2) is 7.36. The Hall–Kier alpha value is -2.72. The number of rotatable bonds is 4. The molecule has 9 nitrogen and oxygen atoms in total. The van der Waals surface area contributed by atoms with Crippen molar-refractivity contribution < 1.29 is 22.7 Å². The normalized spacial score (nSPS) is 19.9. The lowest BCUT2D eigenvalue weighted by molar-refractivity contribution is -0.136. The predicted octanol–water partition coefficient (Wildman–Crippen LogP) is 0.534. The Morgan fingerprint density at radius 2 is 1.96 bits per heavy atom. The topological polar surface area (TPSA) is 119 Å². The average molecular weight is 404 g/mol. The average Bonchev–Trinajstić information content (AvgIpc) is 3.36. The van der Waals surface area contributed by atoms with Gasteiger partial charge in [0, 0.05) is 18.7 Å². The lowest BCUT2D eigenvalue weighted by Gasteiger charge is -2.12. The minimum Gasteiger partial charge on any atom is -0.376 e. The van der Waals surface area contributed by atoms with Crippen molar-refractivity contribution in [2.45, 2.75) is 30.5 Å². The van der Waals surface area contributed by atoms with Gasteiger partial charge in [-0.25, -0.2) is 13.1 Å². The highest BCUT2D eigenvalue weighted by Crippen LogP contribution is 2.32. The summed E-state index contributed by atoms with van der Waals surface area (Å²) in [7, 11) is -3.31. The summed E-state index contributed by atoms with van der Waals surface area (Å²) in [4.78, 5) is 24.6. The molecule has 0 saturated carbocycles. The number of carbonyl (C=O) groups excluding carboxylic acids is 2. The lowest BCUT2D eigenvalue weighted by Crippen LogP contribution is -2.39. The van der Waals surface area contributed by atoms with E-state index >= 15 is 0 Å². The fourth-order valence-electron chi connectivity index (χ4n) is 3.38. The van der Waals surface area contributed by atoms with Crippen LogP contribution in [-0.2, 0) is 35.7 Å². The SMILES string of the molecule is O=C(NCC1CCCO1)C(=O)Nc1c2c(nn1-c1ccccc1)CS(=O)(=O)C2. The van der Waals surface area contributed by atoms with Crippen molar-refractivity contribution >= 4 is 27.5 Å². The summed E-state index contributed by atoms with van der Waals surface area (Å²) in [5.41, 5.74) is 1.47. The van der Waals surface area contributed by atoms with Gasteiger partial charge in [0.05, 0.1) is 29.0 Å². The van der Waals surface area contributed by atoms with Crippen LogP contribution in [0.5, 0.6) is 0 Å². The Morgan fingerprint density at radius 3 is 2.68 bits per heavy atom. The van der Waals surface area contributed by atoms with E-state index in [9.17, 15) is 18.0 Å². The number of nitrogens with one attached hydrogen (secondary N) is 2. The summed E-state index contributed by atoms with van der Waals surface area (Å²) >= 11 is 0. The number of para-hydroxylation sites is 1. The van der Waals surface area contributed by atoms with E-state index in [1.54, 1.807) is 24.3 Å². The van der Waals surface area contributed by atoms with Crippen molar-refractivity contribution in [1.82, 2.24) is 15.1 Å². The summed E-state index contributed by atoms with van der Waals surface area (Å²) in [5.74, 6) is -1.87. The molecule has 3 heterocycles. The smallest absolute Gasteiger partial charge is 0.314 e. The first-order valence-corrected chi connectivity index (χ1v) is 10.8. The van der Waals surface area contributed by atoms with Gasteiger partial charge >= 0.3 is 11.8 Å². The third kappa shape index (κ3) is 3.78. The number of amides is 2. The quantitative estimate of drug-likeness (QED) is 0.718. The molecular formula is C18H20N4O5S. The molecule has 2 aliphatic rings. The number of ether oxygens (including phenoxy) is 1. The lowest BCUT2D eigenvalue weighted by atomic mass is 10.2. The minimum absolute atomic E-state index is 0.0824. The highest BCUT2D eigenvalue weighted by Gasteiger charge is 2.34. The van der Waals surface area contributed by atoms with Gasteiger partial charge in [-0.05, 0) is 25.0 Å². The molecule has 148 valence electrons. The van der Waals surface area contributed by atoms with Gasteiger partial charge in [0.25, 0.3) is 0 Å². The van der Waals surface area contributed by atoms with Crippen LogP contribution in [-0.4, -0.2) is 49.3 Å². The second-order valence-corrected chi connectivity index (χ2v) is 8.92. The zero-order chi connectivity index (χ0) is 19.7. The summed E-state index contributed by atoms with van der Waals surface area (Å²) < 4.78 is 30.8. The fourth-order valence-corrected chi connectivity index (χ4v) is 4.88. The van der Waals surface area contributed by atoms with E-state index in [1.165, 1.54) is 4.68 Å². The van der Waals surface area contributed by atoms with Crippen LogP contribution in [0.15, 0.2) is 30.3 Å². The number of nitrogens with zero attached hydrogens (tertiary/aromatic N) is 2. The van der Waals surface area contributed by atoms with Gasteiger partial charge in [0.2, 0.25) is 0 Å². The number of fused-ring (bicyclic) bond motifs is 1. The Bertz CT molecular complexity index is 1010. The largest absolute Gasteiger partial charge is 0.376 e. The van der Waals surface area contributed by atoms with Crippen molar-refractivity contribution in [1.29, 1.82) is 0 Å². The first-order valence-electron chi connectivity index (χ1n) is 9.00. The Morgan fingerprint density at radius 1 is 1.18 bits per heavy atom. The number of aromatic nitrogens is 2. The van der Waals surface area contributed by atoms with Gasteiger partial charge in [-0.15, -0.1) is 0 Å². The van der Waals surface area contributed by atoms with Crippen LogP contribution in [0.2, 0.25) is 0 Å². The Balaban J connectivity index is 1.56. The summed E-state index contributed by atoms with van der Waals surface area (Å²) in [5, 5.41) is 9.45. The molecule has 2 amide bonds. The third-order valence-electron chi connectivity index (χ3n) is 4.74. The number of hydrogen-bond acceptors (Lipinski definition) is 6. The molecule has 1 fully saturated rings. The van der Waals surface area contributed by atoms with E-state index in [0.29, 0.717) is 23.6 Å². The minimum atomic E-state index is -3.31. The molecule has 2 N–H and O–H groups in total. The molecule has 2 aliphatic heterocycles. The highest BCUT2D eigenvalue weighted by molar-refractivity contribution is 7.90. The van der Waals surface area contributed by atoms with Gasteiger partial charge in [-0.3, -0.25) is 9.59 Å². The molecule has 0 aliphatic carbocycles. The first kappa shape index (κ1) is 18.6. The van der Waals surface area contributed by atoms with Crippen LogP contribution < -0.4 is 10.6 Å².